The van der Waals surface area contributed by atoms with Crippen LogP contribution in [-0.4, -0.2) is 53.4 Å². The van der Waals surface area contributed by atoms with Crippen LogP contribution in [0.1, 0.15) is 34.3 Å². The van der Waals surface area contributed by atoms with E-state index in [9.17, 15) is 14.9 Å². The highest BCUT2D eigenvalue weighted by atomic mass is 16.6. The molecule has 0 aromatic heterocycles. The van der Waals surface area contributed by atoms with Gasteiger partial charge in [0.15, 0.2) is 0 Å². The lowest BCUT2D eigenvalue weighted by Crippen LogP contribution is -2.46. The lowest BCUT2D eigenvalue weighted by molar-refractivity contribution is -0.385. The zero-order valence-corrected chi connectivity index (χ0v) is 16.5. The summed E-state index contributed by atoms with van der Waals surface area (Å²) >= 11 is 0. The molecule has 1 aliphatic rings. The van der Waals surface area contributed by atoms with Crippen molar-refractivity contribution in [2.75, 3.05) is 26.7 Å². The number of hydrogen-bond acceptors (Lipinski definition) is 4. The largest absolute Gasteiger partial charge is 0.339 e. The molecule has 2 aromatic carbocycles. The van der Waals surface area contributed by atoms with Gasteiger partial charge in [-0.2, -0.15) is 0 Å². The number of likely N-dealkylation sites (tertiary alicyclic amines) is 1. The Morgan fingerprint density at radius 3 is 2.46 bits per heavy atom. The Balaban J connectivity index is 1.52. The fraction of sp³-hybridized carbons (Fsp3) is 0.409. The SMILES string of the molecule is Cc1cc(C(=O)N2CCC(N(C)CCc3ccccc3)CC2)ccc1[N+](=O)[O-]. The first kappa shape index (κ1) is 20.0. The van der Waals surface area contributed by atoms with Crippen LogP contribution in [0.2, 0.25) is 0 Å². The molecule has 0 N–H and O–H groups in total. The molecule has 1 aliphatic heterocycles. The number of benzene rings is 2. The number of likely N-dealkylation sites (N-methyl/N-ethyl adjacent to an activating group) is 1. The van der Waals surface area contributed by atoms with Gasteiger partial charge in [0.05, 0.1) is 4.92 Å². The van der Waals surface area contributed by atoms with Crippen molar-refractivity contribution >= 4 is 11.6 Å². The molecule has 3 rings (SSSR count). The molecular weight excluding hydrogens is 354 g/mol. The van der Waals surface area contributed by atoms with Crippen molar-refractivity contribution in [3.8, 4) is 0 Å². The molecule has 1 fully saturated rings. The lowest BCUT2D eigenvalue weighted by Gasteiger charge is -2.37. The molecule has 1 saturated heterocycles. The van der Waals surface area contributed by atoms with Crippen LogP contribution < -0.4 is 0 Å². The Kier molecular flexibility index (Phi) is 6.41. The van der Waals surface area contributed by atoms with E-state index < -0.39 is 4.92 Å². The van der Waals surface area contributed by atoms with Crippen molar-refractivity contribution in [2.24, 2.45) is 0 Å². The number of piperidine rings is 1. The Morgan fingerprint density at radius 2 is 1.86 bits per heavy atom. The van der Waals surface area contributed by atoms with Gasteiger partial charge in [-0.05, 0) is 50.9 Å². The van der Waals surface area contributed by atoms with E-state index in [1.807, 2.05) is 11.0 Å². The number of nitrogens with zero attached hydrogens (tertiary/aromatic N) is 3. The Hall–Kier alpha value is -2.73. The van der Waals surface area contributed by atoms with Crippen molar-refractivity contribution in [1.29, 1.82) is 0 Å². The highest BCUT2D eigenvalue weighted by Gasteiger charge is 2.26. The van der Waals surface area contributed by atoms with Crippen LogP contribution in [0.3, 0.4) is 0 Å². The van der Waals surface area contributed by atoms with E-state index in [0.717, 1.165) is 38.9 Å². The highest BCUT2D eigenvalue weighted by Crippen LogP contribution is 2.22. The third-order valence-electron chi connectivity index (χ3n) is 5.61. The molecule has 1 heterocycles. The van der Waals surface area contributed by atoms with E-state index in [2.05, 4.69) is 36.2 Å². The van der Waals surface area contributed by atoms with Crippen LogP contribution in [0.15, 0.2) is 48.5 Å². The van der Waals surface area contributed by atoms with Gasteiger partial charge >= 0.3 is 0 Å². The minimum Gasteiger partial charge on any atom is -0.339 e. The molecule has 0 aliphatic carbocycles. The minimum atomic E-state index is -0.416. The summed E-state index contributed by atoms with van der Waals surface area (Å²) in [6.07, 6.45) is 2.92. The third kappa shape index (κ3) is 4.75. The number of rotatable bonds is 6. The second-order valence-electron chi connectivity index (χ2n) is 7.50. The van der Waals surface area contributed by atoms with Crippen LogP contribution in [0, 0.1) is 17.0 Å². The molecule has 28 heavy (non-hydrogen) atoms. The van der Waals surface area contributed by atoms with E-state index in [-0.39, 0.29) is 11.6 Å². The quantitative estimate of drug-likeness (QED) is 0.565. The number of carbonyl (C=O) groups is 1. The molecule has 0 unspecified atom stereocenters. The molecule has 148 valence electrons. The van der Waals surface area contributed by atoms with Gasteiger partial charge in [0.2, 0.25) is 0 Å². The van der Waals surface area contributed by atoms with E-state index >= 15 is 0 Å². The maximum absolute atomic E-state index is 12.8. The standard InChI is InChI=1S/C22H27N3O3/c1-17-16-19(8-9-21(17)25(27)28)22(26)24-14-11-20(12-15-24)23(2)13-10-18-6-4-3-5-7-18/h3-9,16,20H,10-15H2,1-2H3. The summed E-state index contributed by atoms with van der Waals surface area (Å²) in [7, 11) is 2.16. The summed E-state index contributed by atoms with van der Waals surface area (Å²) in [5, 5.41) is 11.0. The summed E-state index contributed by atoms with van der Waals surface area (Å²) in [6, 6.07) is 15.6. The van der Waals surface area contributed by atoms with Crippen LogP contribution in [0.25, 0.3) is 0 Å². The molecule has 0 saturated carbocycles. The molecule has 6 heteroatoms. The normalized spacial score (nSPS) is 15.0. The maximum Gasteiger partial charge on any atom is 0.272 e. The summed E-state index contributed by atoms with van der Waals surface area (Å²) in [5.41, 5.74) is 2.44. The van der Waals surface area contributed by atoms with Crippen molar-refractivity contribution < 1.29 is 9.72 Å². The Bertz CT molecular complexity index is 830. The first-order chi connectivity index (χ1) is 13.5. The smallest absolute Gasteiger partial charge is 0.272 e. The summed E-state index contributed by atoms with van der Waals surface area (Å²) in [5.74, 6) is -0.0385. The number of carbonyl (C=O) groups excluding carboxylic acids is 1. The topological polar surface area (TPSA) is 66.7 Å². The second kappa shape index (κ2) is 8.97. The molecule has 2 aromatic rings. The monoisotopic (exact) mass is 381 g/mol. The van der Waals surface area contributed by atoms with E-state index in [0.29, 0.717) is 17.2 Å². The number of aryl methyl sites for hydroxylation is 1. The highest BCUT2D eigenvalue weighted by molar-refractivity contribution is 5.94. The Labute approximate surface area is 165 Å². The van der Waals surface area contributed by atoms with Gasteiger partial charge < -0.3 is 9.80 Å². The average molecular weight is 381 g/mol. The fourth-order valence-corrected chi connectivity index (χ4v) is 3.82. The van der Waals surface area contributed by atoms with Gasteiger partial charge in [-0.3, -0.25) is 14.9 Å². The third-order valence-corrected chi connectivity index (χ3v) is 5.61. The molecule has 0 spiro atoms. The minimum absolute atomic E-state index is 0.0385. The fourth-order valence-electron chi connectivity index (χ4n) is 3.82. The first-order valence-electron chi connectivity index (χ1n) is 9.74. The molecule has 6 nitrogen and oxygen atoms in total. The van der Waals surface area contributed by atoms with Crippen molar-refractivity contribution in [1.82, 2.24) is 9.80 Å². The van der Waals surface area contributed by atoms with Crippen LogP contribution in [0.4, 0.5) is 5.69 Å². The average Bonchev–Trinajstić information content (AvgIpc) is 2.72. The molecule has 0 bridgehead atoms. The van der Waals surface area contributed by atoms with Gasteiger partial charge in [0.25, 0.3) is 11.6 Å². The van der Waals surface area contributed by atoms with Gasteiger partial charge in [-0.15, -0.1) is 0 Å². The lowest BCUT2D eigenvalue weighted by atomic mass is 10.0. The van der Waals surface area contributed by atoms with Gasteiger partial charge in [-0.1, -0.05) is 30.3 Å². The van der Waals surface area contributed by atoms with Gasteiger partial charge in [0, 0.05) is 42.9 Å². The zero-order chi connectivity index (χ0) is 20.1. The van der Waals surface area contributed by atoms with Gasteiger partial charge in [-0.25, -0.2) is 0 Å². The van der Waals surface area contributed by atoms with E-state index in [4.69, 9.17) is 0 Å². The molecule has 0 atom stereocenters. The van der Waals surface area contributed by atoms with Crippen LogP contribution in [0.5, 0.6) is 0 Å². The molecule has 1 amide bonds. The van der Waals surface area contributed by atoms with Crippen molar-refractivity contribution in [2.45, 2.75) is 32.2 Å². The summed E-state index contributed by atoms with van der Waals surface area (Å²) < 4.78 is 0. The number of amides is 1. The number of nitro groups is 1. The predicted molar refractivity (Wildman–Crippen MR) is 110 cm³/mol. The van der Waals surface area contributed by atoms with Crippen molar-refractivity contribution in [3.05, 3.63) is 75.3 Å². The maximum atomic E-state index is 12.8. The Morgan fingerprint density at radius 1 is 1.18 bits per heavy atom. The zero-order valence-electron chi connectivity index (χ0n) is 16.5. The number of hydrogen-bond donors (Lipinski definition) is 0. The predicted octanol–water partition coefficient (Wildman–Crippen LogP) is 3.68. The first-order valence-corrected chi connectivity index (χ1v) is 9.74. The van der Waals surface area contributed by atoms with Crippen LogP contribution in [-0.2, 0) is 6.42 Å². The van der Waals surface area contributed by atoms with Gasteiger partial charge in [0.1, 0.15) is 0 Å². The number of nitro benzene ring substituents is 1. The van der Waals surface area contributed by atoms with Crippen LogP contribution >= 0.6 is 0 Å². The van der Waals surface area contributed by atoms with E-state index in [1.54, 1.807) is 19.1 Å². The summed E-state index contributed by atoms with van der Waals surface area (Å²) in [6.45, 7) is 4.11. The summed E-state index contributed by atoms with van der Waals surface area (Å²) in [4.78, 5) is 27.6. The molecular formula is C22H27N3O3. The second-order valence-corrected chi connectivity index (χ2v) is 7.50. The van der Waals surface area contributed by atoms with Crippen molar-refractivity contribution in [3.63, 3.8) is 0 Å². The molecule has 0 radical (unpaired) electrons. The van der Waals surface area contributed by atoms with E-state index in [1.165, 1.54) is 11.6 Å².